The second-order valence-electron chi connectivity index (χ2n) is 19.6. The number of carbonyl (C=O) groups is 4. The number of ether oxygens (including phenoxy) is 3. The summed E-state index contributed by atoms with van der Waals surface area (Å²) in [5.41, 5.74) is 2.67. The first-order valence-electron chi connectivity index (χ1n) is 25.3. The van der Waals surface area contributed by atoms with E-state index < -0.39 is 23.6 Å². The zero-order chi connectivity index (χ0) is 51.3. The minimum Gasteiger partial charge on any atom is -0.378 e. The Hall–Kier alpha value is -5.88. The Labute approximate surface area is 421 Å². The monoisotopic (exact) mass is 998 g/mol. The molecule has 72 heavy (non-hydrogen) atoms. The van der Waals surface area contributed by atoms with E-state index in [1.807, 2.05) is 33.0 Å². The minimum atomic E-state index is -4.50. The average Bonchev–Trinajstić information content (AvgIpc) is 3.37. The number of hydrogen-bond donors (Lipinski definition) is 3. The standard InChI is InChI=1S/C55H70F3N7O7/c1-5-65(6-2)46-14-16-49(47(32-46)48-15-13-44(37-60-48)50(66)61-36-38-9-7-12-45(30-38)55(56,57)58)62-51(67)42-10-8-11-43(31-42)52(68)64(4)19-18-63(3)20-22-71-24-26-72-25-23-70-21-17-59-53(69)54-33-39-27-40(34-54)29-41(28-39)35-54/h7-16,30-32,37,39-41H,5-6,17-29,33-36H2,1-4H3,(H,59,69)(H,61,66)(H,62,67). The van der Waals surface area contributed by atoms with Gasteiger partial charge in [-0.25, -0.2) is 0 Å². The molecule has 4 saturated carbocycles. The molecular formula is C55H70F3N7O7. The van der Waals surface area contributed by atoms with Crippen molar-refractivity contribution in [1.29, 1.82) is 0 Å². The van der Waals surface area contributed by atoms with Crippen LogP contribution in [0.15, 0.2) is 85.1 Å². The summed E-state index contributed by atoms with van der Waals surface area (Å²) in [6.07, 6.45) is 4.04. The largest absolute Gasteiger partial charge is 0.416 e. The van der Waals surface area contributed by atoms with E-state index in [9.17, 15) is 32.3 Å². The number of hydrogen-bond acceptors (Lipinski definition) is 10. The second-order valence-corrected chi connectivity index (χ2v) is 19.6. The van der Waals surface area contributed by atoms with Crippen molar-refractivity contribution >= 4 is 35.0 Å². The van der Waals surface area contributed by atoms with E-state index >= 15 is 0 Å². The molecule has 0 spiro atoms. The first-order valence-corrected chi connectivity index (χ1v) is 25.3. The Morgan fingerprint density at radius 3 is 2.00 bits per heavy atom. The van der Waals surface area contributed by atoms with Crippen molar-refractivity contribution in [1.82, 2.24) is 25.4 Å². The molecule has 4 amide bonds. The van der Waals surface area contributed by atoms with Gasteiger partial charge in [-0.1, -0.05) is 18.2 Å². The van der Waals surface area contributed by atoms with Crippen LogP contribution in [-0.4, -0.2) is 131 Å². The highest BCUT2D eigenvalue weighted by molar-refractivity contribution is 6.08. The lowest BCUT2D eigenvalue weighted by Gasteiger charge is -2.55. The van der Waals surface area contributed by atoms with Crippen LogP contribution in [0.1, 0.15) is 94.6 Å². The first kappa shape index (κ1) is 53.9. The van der Waals surface area contributed by atoms with E-state index in [1.165, 1.54) is 37.6 Å². The molecule has 0 unspecified atom stereocenters. The molecule has 1 aromatic heterocycles. The number of anilines is 2. The highest BCUT2D eigenvalue weighted by Crippen LogP contribution is 2.60. The maximum atomic E-state index is 13.8. The number of amides is 4. The summed E-state index contributed by atoms with van der Waals surface area (Å²) in [5, 5.41) is 8.80. The van der Waals surface area contributed by atoms with Gasteiger partial charge in [0, 0.05) is 86.9 Å². The maximum Gasteiger partial charge on any atom is 0.416 e. The van der Waals surface area contributed by atoms with E-state index in [1.54, 1.807) is 54.4 Å². The molecule has 4 aliphatic carbocycles. The number of rotatable bonds is 26. The number of benzene rings is 3. The predicted molar refractivity (Wildman–Crippen MR) is 271 cm³/mol. The Bertz CT molecular complexity index is 2430. The third-order valence-corrected chi connectivity index (χ3v) is 14.3. The van der Waals surface area contributed by atoms with Crippen LogP contribution in [0, 0.1) is 23.2 Å². The van der Waals surface area contributed by atoms with Gasteiger partial charge in [0.05, 0.1) is 62.1 Å². The van der Waals surface area contributed by atoms with E-state index in [0.29, 0.717) is 93.9 Å². The summed E-state index contributed by atoms with van der Waals surface area (Å²) in [5.74, 6) is 1.29. The Morgan fingerprint density at radius 1 is 0.694 bits per heavy atom. The molecule has 3 N–H and O–H groups in total. The minimum absolute atomic E-state index is 0.106. The molecule has 0 saturated heterocycles. The topological polar surface area (TPSA) is 155 Å². The predicted octanol–water partition coefficient (Wildman–Crippen LogP) is 8.18. The summed E-state index contributed by atoms with van der Waals surface area (Å²) in [7, 11) is 3.69. The molecule has 4 fully saturated rings. The highest BCUT2D eigenvalue weighted by atomic mass is 19.4. The van der Waals surface area contributed by atoms with Gasteiger partial charge in [0.25, 0.3) is 17.7 Å². The molecule has 8 rings (SSSR count). The summed E-state index contributed by atoms with van der Waals surface area (Å²) in [4.78, 5) is 63.9. The van der Waals surface area contributed by atoms with Gasteiger partial charge in [-0.3, -0.25) is 24.2 Å². The van der Waals surface area contributed by atoms with E-state index in [4.69, 9.17) is 14.2 Å². The Morgan fingerprint density at radius 2 is 1.35 bits per heavy atom. The first-order chi connectivity index (χ1) is 34.6. The number of pyridine rings is 1. The zero-order valence-corrected chi connectivity index (χ0v) is 42.0. The number of nitrogens with one attached hydrogen (secondary N) is 3. The average molecular weight is 998 g/mol. The quantitative estimate of drug-likeness (QED) is 0.0525. The molecule has 0 aliphatic heterocycles. The molecule has 388 valence electrons. The fourth-order valence-corrected chi connectivity index (χ4v) is 10.8. The molecule has 17 heteroatoms. The smallest absolute Gasteiger partial charge is 0.378 e. The molecule has 4 aliphatic rings. The van der Waals surface area contributed by atoms with Crippen LogP contribution in [0.25, 0.3) is 11.3 Å². The van der Waals surface area contributed by atoms with Crippen LogP contribution in [0.4, 0.5) is 24.5 Å². The van der Waals surface area contributed by atoms with Crippen molar-refractivity contribution in [2.45, 2.75) is 65.1 Å². The van der Waals surface area contributed by atoms with Crippen LogP contribution >= 0.6 is 0 Å². The number of alkyl halides is 3. The van der Waals surface area contributed by atoms with Gasteiger partial charge in [0.15, 0.2) is 0 Å². The molecule has 4 aromatic rings. The maximum absolute atomic E-state index is 13.8. The molecule has 0 atom stereocenters. The summed E-state index contributed by atoms with van der Waals surface area (Å²) < 4.78 is 56.7. The van der Waals surface area contributed by atoms with Crippen molar-refractivity contribution in [2.75, 3.05) is 103 Å². The molecule has 3 aromatic carbocycles. The molecule has 0 radical (unpaired) electrons. The summed E-state index contributed by atoms with van der Waals surface area (Å²) >= 11 is 0. The van der Waals surface area contributed by atoms with Crippen molar-refractivity contribution in [3.8, 4) is 11.3 Å². The van der Waals surface area contributed by atoms with Crippen molar-refractivity contribution in [3.05, 3.63) is 113 Å². The zero-order valence-electron chi connectivity index (χ0n) is 42.0. The van der Waals surface area contributed by atoms with Crippen LogP contribution in [0.3, 0.4) is 0 Å². The van der Waals surface area contributed by atoms with E-state index in [-0.39, 0.29) is 34.9 Å². The second kappa shape index (κ2) is 25.2. The van der Waals surface area contributed by atoms with Crippen molar-refractivity contribution in [2.24, 2.45) is 23.2 Å². The van der Waals surface area contributed by atoms with E-state index in [0.717, 1.165) is 67.9 Å². The third-order valence-electron chi connectivity index (χ3n) is 14.3. The molecule has 1 heterocycles. The molecule has 14 nitrogen and oxygen atoms in total. The summed E-state index contributed by atoms with van der Waals surface area (Å²) in [6, 6.07) is 20.2. The third kappa shape index (κ3) is 14.4. The van der Waals surface area contributed by atoms with Crippen LogP contribution < -0.4 is 20.9 Å². The van der Waals surface area contributed by atoms with Crippen LogP contribution in [0.5, 0.6) is 0 Å². The fraction of sp³-hybridized carbons (Fsp3) is 0.509. The van der Waals surface area contributed by atoms with Gasteiger partial charge in [-0.2, -0.15) is 13.2 Å². The SMILES string of the molecule is CCN(CC)c1ccc(NC(=O)c2cccc(C(=O)N(C)CCN(C)CCOCCOCCOCCNC(=O)C34CC5CC(CC(C5)C3)C4)c2)c(-c2ccc(C(=O)NCc3cccc(C(F)(F)F)c3)cn2)c1. The van der Waals surface area contributed by atoms with Gasteiger partial charge >= 0.3 is 6.18 Å². The lowest BCUT2D eigenvalue weighted by Crippen LogP contribution is -2.53. The molecular weight excluding hydrogens is 928 g/mol. The highest BCUT2D eigenvalue weighted by Gasteiger charge is 2.54. The lowest BCUT2D eigenvalue weighted by molar-refractivity contribution is -0.146. The van der Waals surface area contributed by atoms with Crippen LogP contribution in [0.2, 0.25) is 0 Å². The van der Waals surface area contributed by atoms with Gasteiger partial charge in [0.1, 0.15) is 0 Å². The normalized spacial score (nSPS) is 19.0. The number of carbonyl (C=O) groups excluding carboxylic acids is 4. The van der Waals surface area contributed by atoms with Gasteiger partial charge < -0.3 is 44.9 Å². The molecule has 4 bridgehead atoms. The number of likely N-dealkylation sites (N-methyl/N-ethyl adjacent to an activating group) is 2. The summed E-state index contributed by atoms with van der Waals surface area (Å²) in [6.45, 7) is 10.5. The van der Waals surface area contributed by atoms with Gasteiger partial charge in [-0.15, -0.1) is 0 Å². The number of halogens is 3. The number of aromatic nitrogens is 1. The fourth-order valence-electron chi connectivity index (χ4n) is 10.8. The van der Waals surface area contributed by atoms with Gasteiger partial charge in [-0.05, 0) is 143 Å². The van der Waals surface area contributed by atoms with Crippen molar-refractivity contribution in [3.63, 3.8) is 0 Å². The lowest BCUT2D eigenvalue weighted by atomic mass is 9.49. The number of nitrogens with zero attached hydrogens (tertiary/aromatic N) is 4. The Kier molecular flexibility index (Phi) is 18.9. The van der Waals surface area contributed by atoms with Gasteiger partial charge in [0.2, 0.25) is 5.91 Å². The Balaban J connectivity index is 0.812. The van der Waals surface area contributed by atoms with E-state index in [2.05, 4.69) is 30.7 Å². The van der Waals surface area contributed by atoms with Crippen molar-refractivity contribution < 1.29 is 46.6 Å². The van der Waals surface area contributed by atoms with Crippen LogP contribution in [-0.2, 0) is 31.7 Å².